The van der Waals surface area contributed by atoms with E-state index < -0.39 is 5.41 Å². The van der Waals surface area contributed by atoms with Crippen LogP contribution < -0.4 is 0 Å². The van der Waals surface area contributed by atoms with Crippen molar-refractivity contribution in [2.75, 3.05) is 13.1 Å². The molecule has 0 radical (unpaired) electrons. The lowest BCUT2D eigenvalue weighted by atomic mass is 9.93. The highest BCUT2D eigenvalue weighted by Crippen LogP contribution is 2.36. The highest BCUT2D eigenvalue weighted by molar-refractivity contribution is 6.01. The summed E-state index contributed by atoms with van der Waals surface area (Å²) in [6.45, 7) is 6.63. The van der Waals surface area contributed by atoms with Gasteiger partial charge in [0.2, 0.25) is 0 Å². The van der Waals surface area contributed by atoms with Crippen molar-refractivity contribution in [2.45, 2.75) is 44.7 Å². The van der Waals surface area contributed by atoms with E-state index in [1.165, 1.54) is 0 Å². The predicted octanol–water partition coefficient (Wildman–Crippen LogP) is 3.34. The molecule has 1 aliphatic heterocycles. The Kier molecular flexibility index (Phi) is 4.48. The number of pyridine rings is 1. The molecule has 30 heavy (non-hydrogen) atoms. The number of nitrogens with one attached hydrogen (secondary N) is 1. The van der Waals surface area contributed by atoms with Crippen molar-refractivity contribution in [2.24, 2.45) is 0 Å². The number of hydrogen-bond acceptors (Lipinski definition) is 6. The maximum atomic E-state index is 9.83. The molecule has 0 aromatic carbocycles. The molecule has 0 unspecified atom stereocenters. The first kappa shape index (κ1) is 18.7. The lowest BCUT2D eigenvalue weighted by Gasteiger charge is -2.34. The molecule has 0 saturated carbocycles. The molecule has 1 aliphatic rings. The number of imidazole rings is 1. The second kappa shape index (κ2) is 7.18. The van der Waals surface area contributed by atoms with Crippen molar-refractivity contribution in [3.63, 3.8) is 0 Å². The van der Waals surface area contributed by atoms with Crippen molar-refractivity contribution < 1.29 is 0 Å². The van der Waals surface area contributed by atoms with E-state index in [1.807, 2.05) is 32.4 Å². The smallest absolute Gasteiger partial charge is 0.139 e. The van der Waals surface area contributed by atoms with Crippen molar-refractivity contribution in [1.29, 1.82) is 5.26 Å². The number of hydrogen-bond donors (Lipinski definition) is 1. The third-order valence-electron chi connectivity index (χ3n) is 6.00. The van der Waals surface area contributed by atoms with E-state index in [0.717, 1.165) is 66.1 Å². The largest absolute Gasteiger partial charge is 0.346 e. The van der Waals surface area contributed by atoms with Crippen LogP contribution in [0.3, 0.4) is 0 Å². The van der Waals surface area contributed by atoms with E-state index in [-0.39, 0.29) is 6.04 Å². The molecule has 8 heteroatoms. The normalized spacial score (nSPS) is 16.3. The van der Waals surface area contributed by atoms with Crippen LogP contribution in [0.1, 0.15) is 44.2 Å². The summed E-state index contributed by atoms with van der Waals surface area (Å²) >= 11 is 0. The quantitative estimate of drug-likeness (QED) is 0.564. The van der Waals surface area contributed by atoms with Gasteiger partial charge in [-0.25, -0.2) is 9.97 Å². The fourth-order valence-electron chi connectivity index (χ4n) is 4.41. The van der Waals surface area contributed by atoms with Crippen LogP contribution in [0.4, 0.5) is 0 Å². The van der Waals surface area contributed by atoms with E-state index in [9.17, 15) is 5.26 Å². The Hall–Kier alpha value is -3.31. The molecule has 0 atom stereocenters. The van der Waals surface area contributed by atoms with Crippen LogP contribution in [-0.2, 0) is 12.0 Å². The lowest BCUT2D eigenvalue weighted by molar-refractivity contribution is 0.177. The zero-order valence-corrected chi connectivity index (χ0v) is 17.2. The highest BCUT2D eigenvalue weighted by Gasteiger charge is 2.33. The molecule has 4 aromatic rings. The molecule has 1 saturated heterocycles. The van der Waals surface area contributed by atoms with Crippen molar-refractivity contribution in [3.8, 4) is 6.07 Å². The first-order chi connectivity index (χ1) is 14.6. The number of H-pyrrole nitrogens is 1. The molecule has 1 fully saturated rings. The Morgan fingerprint density at radius 3 is 2.77 bits per heavy atom. The topological polar surface area (TPSA) is 99.3 Å². The van der Waals surface area contributed by atoms with E-state index in [2.05, 4.69) is 41.5 Å². The zero-order chi connectivity index (χ0) is 20.7. The van der Waals surface area contributed by atoms with E-state index >= 15 is 0 Å². The zero-order valence-electron chi connectivity index (χ0n) is 17.2. The Morgan fingerprint density at radius 2 is 2.03 bits per heavy atom. The molecule has 152 valence electrons. The van der Waals surface area contributed by atoms with Crippen LogP contribution >= 0.6 is 0 Å². The SMILES string of the molecule is CC(C)(C#N)c1nc2cnc3[nH]ccc3c2n1C1CCN(Cc2cnccn2)CC1. The van der Waals surface area contributed by atoms with Crippen LogP contribution in [0.15, 0.2) is 37.1 Å². The van der Waals surface area contributed by atoms with Crippen molar-refractivity contribution in [3.05, 3.63) is 48.6 Å². The summed E-state index contributed by atoms with van der Waals surface area (Å²) in [5.74, 6) is 0.822. The molecular formula is C22H24N8. The summed E-state index contributed by atoms with van der Waals surface area (Å²) in [6.07, 6.45) is 11.0. The standard InChI is InChI=1S/C22H24N8/c1-22(2,14-23)21-28-18-12-27-20-17(3-6-26-20)19(18)30(21)16-4-9-29(10-5-16)13-15-11-24-7-8-25-15/h3,6-8,11-12,16H,4-5,9-10,13H2,1-2H3,(H,26,27). The number of piperidine rings is 1. The molecule has 8 nitrogen and oxygen atoms in total. The number of rotatable bonds is 4. The first-order valence-electron chi connectivity index (χ1n) is 10.3. The average Bonchev–Trinajstić information content (AvgIpc) is 3.39. The Bertz CT molecular complexity index is 1220. The number of aromatic nitrogens is 6. The van der Waals surface area contributed by atoms with E-state index in [0.29, 0.717) is 0 Å². The highest BCUT2D eigenvalue weighted by atomic mass is 15.2. The fraction of sp³-hybridized carbons (Fsp3) is 0.409. The third-order valence-corrected chi connectivity index (χ3v) is 6.00. The van der Waals surface area contributed by atoms with Gasteiger partial charge in [0.05, 0.1) is 23.5 Å². The summed E-state index contributed by atoms with van der Waals surface area (Å²) in [6, 6.07) is 4.78. The van der Waals surface area contributed by atoms with Gasteiger partial charge in [-0.2, -0.15) is 5.26 Å². The van der Waals surface area contributed by atoms with Crippen LogP contribution in [-0.4, -0.2) is 47.5 Å². The molecular weight excluding hydrogens is 376 g/mol. The second-order valence-corrected chi connectivity index (χ2v) is 8.48. The monoisotopic (exact) mass is 400 g/mol. The predicted molar refractivity (Wildman–Crippen MR) is 114 cm³/mol. The van der Waals surface area contributed by atoms with Gasteiger partial charge in [0, 0.05) is 55.8 Å². The van der Waals surface area contributed by atoms with Gasteiger partial charge in [0.15, 0.2) is 0 Å². The molecule has 0 amide bonds. The molecule has 0 spiro atoms. The molecule has 4 aromatic heterocycles. The lowest BCUT2D eigenvalue weighted by Crippen LogP contribution is -2.36. The Labute approximate surface area is 174 Å². The number of likely N-dealkylation sites (tertiary alicyclic amines) is 1. The fourth-order valence-corrected chi connectivity index (χ4v) is 4.41. The minimum Gasteiger partial charge on any atom is -0.346 e. The molecule has 1 N–H and O–H groups in total. The van der Waals surface area contributed by atoms with Gasteiger partial charge in [-0.1, -0.05) is 0 Å². The maximum Gasteiger partial charge on any atom is 0.139 e. The number of fused-ring (bicyclic) bond motifs is 3. The van der Waals surface area contributed by atoms with Gasteiger partial charge in [-0.3, -0.25) is 14.9 Å². The molecule has 0 aliphatic carbocycles. The Balaban J connectivity index is 1.51. The average molecular weight is 400 g/mol. The van der Waals surface area contributed by atoms with Crippen LogP contribution in [0.25, 0.3) is 22.1 Å². The summed E-state index contributed by atoms with van der Waals surface area (Å²) in [5.41, 5.74) is 3.09. The minimum absolute atomic E-state index is 0.288. The van der Waals surface area contributed by atoms with Crippen LogP contribution in [0, 0.1) is 11.3 Å². The first-order valence-corrected chi connectivity index (χ1v) is 10.3. The van der Waals surface area contributed by atoms with E-state index in [1.54, 1.807) is 12.4 Å². The summed E-state index contributed by atoms with van der Waals surface area (Å²) < 4.78 is 2.32. The van der Waals surface area contributed by atoms with Crippen molar-refractivity contribution >= 4 is 22.1 Å². The van der Waals surface area contributed by atoms with Gasteiger partial charge < -0.3 is 9.55 Å². The number of nitrogens with zero attached hydrogens (tertiary/aromatic N) is 7. The van der Waals surface area contributed by atoms with Crippen LogP contribution in [0.5, 0.6) is 0 Å². The molecule has 5 heterocycles. The summed E-state index contributed by atoms with van der Waals surface area (Å²) in [4.78, 5) is 23.6. The van der Waals surface area contributed by atoms with E-state index in [4.69, 9.17) is 4.98 Å². The van der Waals surface area contributed by atoms with Crippen molar-refractivity contribution in [1.82, 2.24) is 34.4 Å². The third kappa shape index (κ3) is 3.12. The van der Waals surface area contributed by atoms with Gasteiger partial charge in [0.1, 0.15) is 22.4 Å². The van der Waals surface area contributed by atoms with Gasteiger partial charge >= 0.3 is 0 Å². The molecule has 5 rings (SSSR count). The van der Waals surface area contributed by atoms with Gasteiger partial charge in [-0.05, 0) is 32.8 Å². The Morgan fingerprint density at radius 1 is 1.20 bits per heavy atom. The number of aromatic amines is 1. The second-order valence-electron chi connectivity index (χ2n) is 8.48. The maximum absolute atomic E-state index is 9.83. The molecule has 0 bridgehead atoms. The summed E-state index contributed by atoms with van der Waals surface area (Å²) in [7, 11) is 0. The van der Waals surface area contributed by atoms with Gasteiger partial charge in [0.25, 0.3) is 0 Å². The number of nitriles is 1. The minimum atomic E-state index is -0.682. The van der Waals surface area contributed by atoms with Crippen LogP contribution in [0.2, 0.25) is 0 Å². The summed E-state index contributed by atoms with van der Waals surface area (Å²) in [5, 5.41) is 10.9. The van der Waals surface area contributed by atoms with Gasteiger partial charge in [-0.15, -0.1) is 0 Å².